The molecule has 2 rings (SSSR count). The van der Waals surface area contributed by atoms with Gasteiger partial charge >= 0.3 is 5.97 Å². The van der Waals surface area contributed by atoms with E-state index >= 15 is 0 Å². The number of hydrogen-bond acceptors (Lipinski definition) is 4. The average molecular weight is 224 g/mol. The number of carbonyl (C=O) groups is 1. The lowest BCUT2D eigenvalue weighted by Gasteiger charge is -2.37. The maximum absolute atomic E-state index is 10.7. The van der Waals surface area contributed by atoms with Gasteiger partial charge in [0.05, 0.1) is 0 Å². The third kappa shape index (κ3) is 2.18. The largest absolute Gasteiger partial charge is 0.476 e. The van der Waals surface area contributed by atoms with Crippen LogP contribution in [0.3, 0.4) is 0 Å². The summed E-state index contributed by atoms with van der Waals surface area (Å²) in [4.78, 5) is 16.7. The fourth-order valence-electron chi connectivity index (χ4n) is 2.09. The maximum Gasteiger partial charge on any atom is 0.357 e. The van der Waals surface area contributed by atoms with Crippen molar-refractivity contribution in [1.29, 1.82) is 0 Å². The highest BCUT2D eigenvalue weighted by atomic mass is 16.4. The average Bonchev–Trinajstić information content (AvgIpc) is 2.64. The van der Waals surface area contributed by atoms with Gasteiger partial charge in [0.1, 0.15) is 6.26 Å². The Bertz CT molecular complexity index is 398. The number of hydrogen-bond donors (Lipinski definition) is 1. The molecule has 1 aromatic rings. The fourth-order valence-corrected chi connectivity index (χ4v) is 2.09. The van der Waals surface area contributed by atoms with Crippen LogP contribution in [0.2, 0.25) is 0 Å². The molecule has 1 saturated heterocycles. The zero-order valence-electron chi connectivity index (χ0n) is 9.56. The summed E-state index contributed by atoms with van der Waals surface area (Å²) in [6.45, 7) is 6.12. The van der Waals surface area contributed by atoms with Crippen molar-refractivity contribution in [3.05, 3.63) is 12.0 Å². The Kier molecular flexibility index (Phi) is 2.61. The standard InChI is InChI=1S/C11H16N2O3/c1-11(2)4-3-5-13(7-11)10-12-8(6-16-10)9(14)15/h6H,3-5,7H2,1-2H3,(H,14,15). The molecule has 0 aliphatic carbocycles. The highest BCUT2D eigenvalue weighted by Gasteiger charge is 2.29. The first-order valence-electron chi connectivity index (χ1n) is 5.42. The molecule has 1 aliphatic heterocycles. The summed E-state index contributed by atoms with van der Waals surface area (Å²) in [6, 6.07) is 0.421. The van der Waals surface area contributed by atoms with Gasteiger partial charge in [-0.1, -0.05) is 13.8 Å². The SMILES string of the molecule is CC1(C)CCCN(c2nc(C(=O)O)co2)C1. The van der Waals surface area contributed by atoms with Crippen molar-refractivity contribution in [2.75, 3.05) is 18.0 Å². The lowest BCUT2D eigenvalue weighted by atomic mass is 9.84. The number of oxazole rings is 1. The Morgan fingerprint density at radius 1 is 1.62 bits per heavy atom. The molecule has 0 unspecified atom stereocenters. The van der Waals surface area contributed by atoms with Crippen molar-refractivity contribution in [2.24, 2.45) is 5.41 Å². The van der Waals surface area contributed by atoms with E-state index in [0.717, 1.165) is 19.5 Å². The Labute approximate surface area is 94.1 Å². The molecule has 16 heavy (non-hydrogen) atoms. The van der Waals surface area contributed by atoms with Crippen molar-refractivity contribution in [1.82, 2.24) is 4.98 Å². The van der Waals surface area contributed by atoms with Gasteiger partial charge in [-0.25, -0.2) is 4.79 Å². The summed E-state index contributed by atoms with van der Waals surface area (Å²) < 4.78 is 5.19. The number of rotatable bonds is 2. The van der Waals surface area contributed by atoms with Gasteiger partial charge < -0.3 is 14.4 Å². The van der Waals surface area contributed by atoms with E-state index < -0.39 is 5.97 Å². The number of carboxylic acid groups (broad SMARTS) is 1. The van der Waals surface area contributed by atoms with E-state index in [0.29, 0.717) is 6.01 Å². The monoisotopic (exact) mass is 224 g/mol. The smallest absolute Gasteiger partial charge is 0.357 e. The minimum absolute atomic E-state index is 0.0293. The first-order chi connectivity index (χ1) is 7.48. The minimum atomic E-state index is -1.05. The van der Waals surface area contributed by atoms with Crippen LogP contribution >= 0.6 is 0 Å². The molecule has 0 bridgehead atoms. The molecule has 0 atom stereocenters. The first kappa shape index (κ1) is 11.0. The third-order valence-electron chi connectivity index (χ3n) is 2.88. The number of nitrogens with zero attached hydrogens (tertiary/aromatic N) is 2. The molecule has 0 aromatic carbocycles. The Morgan fingerprint density at radius 3 is 2.94 bits per heavy atom. The third-order valence-corrected chi connectivity index (χ3v) is 2.88. The minimum Gasteiger partial charge on any atom is -0.476 e. The van der Waals surface area contributed by atoms with Gasteiger partial charge in [-0.15, -0.1) is 0 Å². The molecular formula is C11H16N2O3. The van der Waals surface area contributed by atoms with Crippen LogP contribution in [-0.4, -0.2) is 29.1 Å². The van der Waals surface area contributed by atoms with Gasteiger partial charge in [0.15, 0.2) is 5.69 Å². The Balaban J connectivity index is 2.14. The first-order valence-corrected chi connectivity index (χ1v) is 5.42. The molecule has 5 nitrogen and oxygen atoms in total. The second-order valence-corrected chi connectivity index (χ2v) is 5.01. The van der Waals surface area contributed by atoms with Crippen molar-refractivity contribution in [2.45, 2.75) is 26.7 Å². The van der Waals surface area contributed by atoms with Gasteiger partial charge in [0.2, 0.25) is 0 Å². The summed E-state index contributed by atoms with van der Waals surface area (Å²) in [5.74, 6) is -1.05. The zero-order valence-corrected chi connectivity index (χ0v) is 9.56. The Hall–Kier alpha value is -1.52. The summed E-state index contributed by atoms with van der Waals surface area (Å²) in [5, 5.41) is 8.76. The highest BCUT2D eigenvalue weighted by molar-refractivity contribution is 5.85. The molecule has 0 amide bonds. The summed E-state index contributed by atoms with van der Waals surface area (Å²) in [6.07, 6.45) is 3.45. The number of carboxylic acids is 1. The number of anilines is 1. The lowest BCUT2D eigenvalue weighted by molar-refractivity contribution is 0.0690. The van der Waals surface area contributed by atoms with E-state index in [4.69, 9.17) is 9.52 Å². The van der Waals surface area contributed by atoms with Crippen LogP contribution in [0, 0.1) is 5.41 Å². The molecule has 1 aromatic heterocycles. The van der Waals surface area contributed by atoms with E-state index in [1.807, 2.05) is 4.90 Å². The molecule has 88 valence electrons. The predicted octanol–water partition coefficient (Wildman–Crippen LogP) is 2.00. The predicted molar refractivity (Wildman–Crippen MR) is 58.7 cm³/mol. The number of aromatic nitrogens is 1. The van der Waals surface area contributed by atoms with Crippen LogP contribution in [0.1, 0.15) is 37.2 Å². The highest BCUT2D eigenvalue weighted by Crippen LogP contribution is 2.31. The fraction of sp³-hybridized carbons (Fsp3) is 0.636. The second kappa shape index (κ2) is 3.81. The molecule has 0 saturated carbocycles. The van der Waals surface area contributed by atoms with Crippen molar-refractivity contribution in [3.63, 3.8) is 0 Å². The van der Waals surface area contributed by atoms with Crippen LogP contribution in [-0.2, 0) is 0 Å². The topological polar surface area (TPSA) is 66.6 Å². The van der Waals surface area contributed by atoms with Gasteiger partial charge in [-0.3, -0.25) is 0 Å². The van der Waals surface area contributed by atoms with Crippen LogP contribution in [0.5, 0.6) is 0 Å². The van der Waals surface area contributed by atoms with Crippen LogP contribution in [0.25, 0.3) is 0 Å². The van der Waals surface area contributed by atoms with Crippen LogP contribution < -0.4 is 4.90 Å². The van der Waals surface area contributed by atoms with E-state index in [2.05, 4.69) is 18.8 Å². The van der Waals surface area contributed by atoms with Gasteiger partial charge in [0, 0.05) is 13.1 Å². The second-order valence-electron chi connectivity index (χ2n) is 5.01. The number of piperidine rings is 1. The lowest BCUT2D eigenvalue weighted by Crippen LogP contribution is -2.40. The number of aromatic carboxylic acids is 1. The molecule has 1 N–H and O–H groups in total. The van der Waals surface area contributed by atoms with Gasteiger partial charge in [0.25, 0.3) is 6.01 Å². The zero-order chi connectivity index (χ0) is 11.8. The van der Waals surface area contributed by atoms with Gasteiger partial charge in [-0.05, 0) is 18.3 Å². The molecule has 0 spiro atoms. The summed E-state index contributed by atoms with van der Waals surface area (Å²) in [7, 11) is 0. The molecular weight excluding hydrogens is 208 g/mol. The van der Waals surface area contributed by atoms with Crippen molar-refractivity contribution >= 4 is 12.0 Å². The molecule has 1 fully saturated rings. The van der Waals surface area contributed by atoms with E-state index in [9.17, 15) is 4.79 Å². The summed E-state index contributed by atoms with van der Waals surface area (Å²) in [5.41, 5.74) is 0.203. The Morgan fingerprint density at radius 2 is 2.38 bits per heavy atom. The molecule has 2 heterocycles. The normalized spacial score (nSPS) is 19.8. The molecule has 1 aliphatic rings. The van der Waals surface area contributed by atoms with Gasteiger partial charge in [-0.2, -0.15) is 4.98 Å². The van der Waals surface area contributed by atoms with E-state index in [1.165, 1.54) is 12.7 Å². The van der Waals surface area contributed by atoms with E-state index in [-0.39, 0.29) is 11.1 Å². The molecule has 5 heteroatoms. The van der Waals surface area contributed by atoms with Crippen molar-refractivity contribution in [3.8, 4) is 0 Å². The van der Waals surface area contributed by atoms with Crippen molar-refractivity contribution < 1.29 is 14.3 Å². The van der Waals surface area contributed by atoms with E-state index in [1.54, 1.807) is 0 Å². The quantitative estimate of drug-likeness (QED) is 0.832. The van der Waals surface area contributed by atoms with Crippen LogP contribution in [0.4, 0.5) is 6.01 Å². The maximum atomic E-state index is 10.7. The molecule has 0 radical (unpaired) electrons. The van der Waals surface area contributed by atoms with Crippen LogP contribution in [0.15, 0.2) is 10.7 Å². The summed E-state index contributed by atoms with van der Waals surface area (Å²) >= 11 is 0.